The highest BCUT2D eigenvalue weighted by molar-refractivity contribution is 4.96. The maximum atomic E-state index is 11.2. The van der Waals surface area contributed by atoms with Gasteiger partial charge >= 0.3 is 0 Å². The lowest BCUT2D eigenvalue weighted by Crippen LogP contribution is -2.42. The van der Waals surface area contributed by atoms with Gasteiger partial charge in [-0.25, -0.2) is 0 Å². The first-order valence-corrected chi connectivity index (χ1v) is 3.73. The van der Waals surface area contributed by atoms with Crippen molar-refractivity contribution in [2.75, 3.05) is 0 Å². The van der Waals surface area contributed by atoms with E-state index < -0.39 is 22.2 Å². The van der Waals surface area contributed by atoms with Crippen molar-refractivity contribution in [1.82, 2.24) is 9.03 Å². The molecule has 0 unspecified atom stereocenters. The number of nitrogens with zero attached hydrogens (tertiary/aromatic N) is 2. The average Bonchev–Trinajstić information content (AvgIpc) is 2.16. The van der Waals surface area contributed by atoms with E-state index in [9.17, 15) is 19.2 Å². The van der Waals surface area contributed by atoms with E-state index in [0.717, 1.165) is 24.3 Å². The zero-order valence-corrected chi connectivity index (χ0v) is 6.84. The van der Waals surface area contributed by atoms with Crippen LogP contribution in [0.15, 0.2) is 43.4 Å². The van der Waals surface area contributed by atoms with Crippen LogP contribution in [0.5, 0.6) is 0 Å². The Labute approximate surface area is 75.6 Å². The van der Waals surface area contributed by atoms with Gasteiger partial charge in [-0.15, -0.1) is 0 Å². The summed E-state index contributed by atoms with van der Waals surface area (Å²) in [4.78, 5) is 44.7. The molecule has 0 saturated heterocycles. The molecule has 2 aromatic rings. The molecule has 0 aliphatic heterocycles. The number of fused-ring (bicyclic) bond motifs is 1. The van der Waals surface area contributed by atoms with E-state index in [0.29, 0.717) is 9.03 Å². The van der Waals surface area contributed by atoms with Crippen LogP contribution in [0.1, 0.15) is 0 Å². The number of hydrogen-bond acceptors (Lipinski definition) is 4. The average molecular weight is 192 g/mol. The van der Waals surface area contributed by atoms with Gasteiger partial charge in [0.15, 0.2) is 0 Å². The van der Waals surface area contributed by atoms with Gasteiger partial charge in [-0.2, -0.15) is 9.03 Å². The molecule has 0 fully saturated rings. The van der Waals surface area contributed by atoms with Crippen molar-refractivity contribution in [2.45, 2.75) is 0 Å². The summed E-state index contributed by atoms with van der Waals surface area (Å²) in [6.45, 7) is 0. The molecule has 6 heteroatoms. The zero-order chi connectivity index (χ0) is 10.3. The molecule has 0 atom stereocenters. The Balaban J connectivity index is 3.41. The first-order valence-electron chi connectivity index (χ1n) is 3.73. The van der Waals surface area contributed by atoms with Crippen molar-refractivity contribution in [1.29, 1.82) is 0 Å². The zero-order valence-electron chi connectivity index (χ0n) is 6.84. The van der Waals surface area contributed by atoms with Crippen molar-refractivity contribution < 1.29 is 0 Å². The van der Waals surface area contributed by atoms with Crippen LogP contribution in [0, 0.1) is 0 Å². The molecule has 0 saturated carbocycles. The van der Waals surface area contributed by atoms with Crippen molar-refractivity contribution in [3.63, 3.8) is 0 Å². The van der Waals surface area contributed by atoms with Crippen molar-refractivity contribution in [2.24, 2.45) is 0 Å². The van der Waals surface area contributed by atoms with Crippen LogP contribution >= 0.6 is 0 Å². The van der Waals surface area contributed by atoms with Gasteiger partial charge in [0.25, 0.3) is 22.2 Å². The van der Waals surface area contributed by atoms with E-state index in [1.54, 1.807) is 0 Å². The molecule has 0 N–H and O–H groups in total. The van der Waals surface area contributed by atoms with Crippen LogP contribution in [0.4, 0.5) is 0 Å². The standard InChI is InChI=1S/C8H4N2O4/c11-5-1-2-6(12)10-8(14)4-3-7(13)9(5)10/h1-4H. The van der Waals surface area contributed by atoms with Gasteiger partial charge in [0, 0.05) is 24.3 Å². The number of rotatable bonds is 0. The number of aromatic nitrogens is 2. The van der Waals surface area contributed by atoms with Crippen LogP contribution in [0.25, 0.3) is 0 Å². The van der Waals surface area contributed by atoms with E-state index in [1.165, 1.54) is 0 Å². The second kappa shape index (κ2) is 2.63. The summed E-state index contributed by atoms with van der Waals surface area (Å²) >= 11 is 0. The highest BCUT2D eigenvalue weighted by atomic mass is 16.2. The second-order valence-corrected chi connectivity index (χ2v) is 2.64. The van der Waals surface area contributed by atoms with E-state index in [1.807, 2.05) is 0 Å². The summed E-state index contributed by atoms with van der Waals surface area (Å²) in [5.41, 5.74) is -2.81. The minimum Gasteiger partial charge on any atom is -0.267 e. The molecular weight excluding hydrogens is 188 g/mol. The molecule has 14 heavy (non-hydrogen) atoms. The summed E-state index contributed by atoms with van der Waals surface area (Å²) in [6.07, 6.45) is 0. The third-order valence-corrected chi connectivity index (χ3v) is 1.77. The Morgan fingerprint density at radius 3 is 1.00 bits per heavy atom. The Kier molecular flexibility index (Phi) is 1.57. The van der Waals surface area contributed by atoms with Crippen molar-refractivity contribution >= 4 is 0 Å². The topological polar surface area (TPSA) is 77.1 Å². The molecule has 70 valence electrons. The maximum absolute atomic E-state index is 11.2. The minimum atomic E-state index is -0.702. The third-order valence-electron chi connectivity index (χ3n) is 1.77. The van der Waals surface area contributed by atoms with E-state index in [-0.39, 0.29) is 0 Å². The van der Waals surface area contributed by atoms with Gasteiger partial charge in [-0.1, -0.05) is 0 Å². The Morgan fingerprint density at radius 1 is 0.571 bits per heavy atom. The fourth-order valence-electron chi connectivity index (χ4n) is 1.18. The highest BCUT2D eigenvalue weighted by Crippen LogP contribution is 1.66. The molecular formula is C8H4N2O4. The molecule has 0 aromatic carbocycles. The van der Waals surface area contributed by atoms with E-state index in [2.05, 4.69) is 0 Å². The monoisotopic (exact) mass is 192 g/mol. The lowest BCUT2D eigenvalue weighted by atomic mass is 10.5. The smallest absolute Gasteiger partial charge is 0.267 e. The first kappa shape index (κ1) is 8.36. The van der Waals surface area contributed by atoms with Gasteiger partial charge in [-0.3, -0.25) is 19.2 Å². The predicted molar refractivity (Wildman–Crippen MR) is 47.1 cm³/mol. The molecule has 0 amide bonds. The van der Waals surface area contributed by atoms with Gasteiger partial charge < -0.3 is 0 Å². The van der Waals surface area contributed by atoms with E-state index >= 15 is 0 Å². The fourth-order valence-corrected chi connectivity index (χ4v) is 1.18. The summed E-state index contributed by atoms with van der Waals surface area (Å²) < 4.78 is 1.01. The molecule has 0 radical (unpaired) electrons. The summed E-state index contributed by atoms with van der Waals surface area (Å²) in [6, 6.07) is 3.79. The minimum absolute atomic E-state index is 0.505. The molecule has 6 nitrogen and oxygen atoms in total. The van der Waals surface area contributed by atoms with Gasteiger partial charge in [0.2, 0.25) is 0 Å². The molecule has 2 rings (SSSR count). The lowest BCUT2D eigenvalue weighted by molar-refractivity contribution is 0.682. The number of hydrogen-bond donors (Lipinski definition) is 0. The quantitative estimate of drug-likeness (QED) is 0.480. The summed E-state index contributed by atoms with van der Waals surface area (Å²) in [5, 5.41) is 0. The largest absolute Gasteiger partial charge is 0.273 e. The molecule has 0 bridgehead atoms. The Hall–Kier alpha value is -2.24. The predicted octanol–water partition coefficient (Wildman–Crippen LogP) is -2.08. The van der Waals surface area contributed by atoms with Crippen LogP contribution in [0.3, 0.4) is 0 Å². The molecule has 0 aliphatic rings. The third kappa shape index (κ3) is 0.972. The lowest BCUT2D eigenvalue weighted by Gasteiger charge is -1.96. The van der Waals surface area contributed by atoms with Crippen molar-refractivity contribution in [3.8, 4) is 0 Å². The van der Waals surface area contributed by atoms with Crippen LogP contribution in [-0.4, -0.2) is 9.03 Å². The van der Waals surface area contributed by atoms with Crippen LogP contribution in [0.2, 0.25) is 0 Å². The molecule has 0 aliphatic carbocycles. The normalized spacial score (nSPS) is 10.6. The van der Waals surface area contributed by atoms with Crippen LogP contribution < -0.4 is 22.2 Å². The van der Waals surface area contributed by atoms with Gasteiger partial charge in [-0.05, 0) is 0 Å². The highest BCUT2D eigenvalue weighted by Gasteiger charge is 2.03. The molecule has 2 heterocycles. The second-order valence-electron chi connectivity index (χ2n) is 2.64. The SMILES string of the molecule is O=c1ccc(=O)n2c(=O)ccc(=O)n12. The van der Waals surface area contributed by atoms with Crippen LogP contribution in [-0.2, 0) is 0 Å². The summed E-state index contributed by atoms with van der Waals surface area (Å²) in [5.74, 6) is 0. The fraction of sp³-hybridized carbons (Fsp3) is 0. The molecule has 2 aromatic heterocycles. The Bertz CT molecular complexity index is 591. The van der Waals surface area contributed by atoms with Gasteiger partial charge in [0.1, 0.15) is 0 Å². The molecule has 0 spiro atoms. The maximum Gasteiger partial charge on any atom is 0.273 e. The summed E-state index contributed by atoms with van der Waals surface area (Å²) in [7, 11) is 0. The van der Waals surface area contributed by atoms with Crippen molar-refractivity contribution in [3.05, 3.63) is 65.7 Å². The van der Waals surface area contributed by atoms with Gasteiger partial charge in [0.05, 0.1) is 0 Å². The first-order chi connectivity index (χ1) is 6.61. The Morgan fingerprint density at radius 2 is 0.786 bits per heavy atom. The van der Waals surface area contributed by atoms with E-state index in [4.69, 9.17) is 0 Å².